The number of ether oxygens (including phenoxy) is 2. The van der Waals surface area contributed by atoms with Crippen molar-refractivity contribution in [2.75, 3.05) is 20.3 Å². The van der Waals surface area contributed by atoms with Crippen molar-refractivity contribution in [1.29, 1.82) is 0 Å². The van der Waals surface area contributed by atoms with Crippen LogP contribution in [-0.2, 0) is 4.79 Å². The Labute approximate surface area is 147 Å². The van der Waals surface area contributed by atoms with E-state index in [2.05, 4.69) is 17.2 Å². The van der Waals surface area contributed by atoms with Crippen LogP contribution in [0, 0.1) is 11.8 Å². The molecule has 0 saturated carbocycles. The van der Waals surface area contributed by atoms with Crippen LogP contribution in [0.5, 0.6) is 11.5 Å². The van der Waals surface area contributed by atoms with Crippen molar-refractivity contribution >= 4 is 11.7 Å². The molecule has 1 amide bonds. The summed E-state index contributed by atoms with van der Waals surface area (Å²) < 4.78 is 10.6. The Morgan fingerprint density at radius 3 is 2.56 bits per heavy atom. The summed E-state index contributed by atoms with van der Waals surface area (Å²) in [5.74, 6) is 6.66. The third-order valence-corrected chi connectivity index (χ3v) is 3.32. The summed E-state index contributed by atoms with van der Waals surface area (Å²) in [7, 11) is 1.54. The number of methoxy groups -OCH3 is 1. The Bertz CT molecular complexity index is 803. The van der Waals surface area contributed by atoms with E-state index in [4.69, 9.17) is 9.47 Å². The third kappa shape index (κ3) is 5.70. The van der Waals surface area contributed by atoms with E-state index >= 15 is 0 Å². The number of hydrogen-bond acceptors (Lipinski definition) is 4. The molecule has 2 aromatic carbocycles. The fraction of sp³-hybridized carbons (Fsp3) is 0.200. The SMILES string of the molecule is COc1ccc(C(C)=O)cc1C#CCNC(=O)COc1ccccc1. The normalized spacial score (nSPS) is 9.52. The molecule has 2 rings (SSSR count). The first-order valence-electron chi connectivity index (χ1n) is 7.72. The lowest BCUT2D eigenvalue weighted by Crippen LogP contribution is -2.29. The highest BCUT2D eigenvalue weighted by Gasteiger charge is 2.05. The lowest BCUT2D eigenvalue weighted by Gasteiger charge is -2.05. The number of carbonyl (C=O) groups excluding carboxylic acids is 2. The first-order chi connectivity index (χ1) is 12.1. The number of benzene rings is 2. The molecule has 0 unspecified atom stereocenters. The second kappa shape index (κ2) is 9.14. The number of hydrogen-bond donors (Lipinski definition) is 1. The maximum Gasteiger partial charge on any atom is 0.258 e. The molecule has 25 heavy (non-hydrogen) atoms. The van der Waals surface area contributed by atoms with E-state index in [1.165, 1.54) is 14.0 Å². The molecule has 0 aliphatic carbocycles. The highest BCUT2D eigenvalue weighted by Crippen LogP contribution is 2.19. The Balaban J connectivity index is 1.88. The number of amides is 1. The molecular weight excluding hydrogens is 318 g/mol. The zero-order chi connectivity index (χ0) is 18.1. The quantitative estimate of drug-likeness (QED) is 0.649. The lowest BCUT2D eigenvalue weighted by molar-refractivity contribution is -0.122. The predicted octanol–water partition coefficient (Wildman–Crippen LogP) is 2.44. The summed E-state index contributed by atoms with van der Waals surface area (Å²) in [6.07, 6.45) is 0. The minimum Gasteiger partial charge on any atom is -0.495 e. The largest absolute Gasteiger partial charge is 0.495 e. The van der Waals surface area contributed by atoms with Crippen LogP contribution in [0.2, 0.25) is 0 Å². The molecule has 0 saturated heterocycles. The van der Waals surface area contributed by atoms with Gasteiger partial charge in [0.2, 0.25) is 0 Å². The van der Waals surface area contributed by atoms with Crippen molar-refractivity contribution < 1.29 is 19.1 Å². The summed E-state index contributed by atoms with van der Waals surface area (Å²) in [4.78, 5) is 23.2. The van der Waals surface area contributed by atoms with Crippen molar-refractivity contribution in [3.05, 3.63) is 59.7 Å². The van der Waals surface area contributed by atoms with E-state index in [1.54, 1.807) is 30.3 Å². The molecule has 0 heterocycles. The second-order valence-corrected chi connectivity index (χ2v) is 5.15. The van der Waals surface area contributed by atoms with Gasteiger partial charge in [-0.1, -0.05) is 30.0 Å². The zero-order valence-corrected chi connectivity index (χ0v) is 14.2. The van der Waals surface area contributed by atoms with Gasteiger partial charge in [-0.05, 0) is 37.3 Å². The summed E-state index contributed by atoms with van der Waals surface area (Å²) in [5.41, 5.74) is 1.16. The van der Waals surface area contributed by atoms with E-state index in [0.717, 1.165) is 0 Å². The minimum absolute atomic E-state index is 0.0444. The molecule has 0 aliphatic heterocycles. The topological polar surface area (TPSA) is 64.6 Å². The minimum atomic E-state index is -0.261. The van der Waals surface area contributed by atoms with E-state index in [0.29, 0.717) is 22.6 Å². The molecule has 1 N–H and O–H groups in total. The molecule has 0 fully saturated rings. The van der Waals surface area contributed by atoms with Gasteiger partial charge in [0.05, 0.1) is 19.2 Å². The number of Topliss-reactive ketones (excluding diaryl/α,β-unsaturated/α-hetero) is 1. The van der Waals surface area contributed by atoms with Gasteiger partial charge < -0.3 is 14.8 Å². The van der Waals surface area contributed by atoms with E-state index in [-0.39, 0.29) is 24.8 Å². The zero-order valence-electron chi connectivity index (χ0n) is 14.2. The molecule has 0 aliphatic rings. The summed E-state index contributed by atoms with van der Waals surface area (Å²) in [6.45, 7) is 1.59. The summed E-state index contributed by atoms with van der Waals surface area (Å²) in [5, 5.41) is 2.65. The Morgan fingerprint density at radius 2 is 1.88 bits per heavy atom. The first-order valence-corrected chi connectivity index (χ1v) is 7.72. The van der Waals surface area contributed by atoms with Crippen molar-refractivity contribution in [2.45, 2.75) is 6.92 Å². The molecule has 0 radical (unpaired) electrons. The molecule has 0 bridgehead atoms. The Kier molecular flexibility index (Phi) is 6.61. The van der Waals surface area contributed by atoms with Gasteiger partial charge in [0.15, 0.2) is 12.4 Å². The maximum absolute atomic E-state index is 11.7. The van der Waals surface area contributed by atoms with Gasteiger partial charge in [0.25, 0.3) is 5.91 Å². The van der Waals surface area contributed by atoms with Crippen LogP contribution in [0.3, 0.4) is 0 Å². The van der Waals surface area contributed by atoms with E-state index in [9.17, 15) is 9.59 Å². The molecule has 0 atom stereocenters. The number of para-hydroxylation sites is 1. The van der Waals surface area contributed by atoms with Crippen molar-refractivity contribution in [3.8, 4) is 23.3 Å². The highest BCUT2D eigenvalue weighted by molar-refractivity contribution is 5.94. The van der Waals surface area contributed by atoms with Crippen LogP contribution < -0.4 is 14.8 Å². The number of carbonyl (C=O) groups is 2. The second-order valence-electron chi connectivity index (χ2n) is 5.15. The van der Waals surface area contributed by atoms with Crippen molar-refractivity contribution in [3.63, 3.8) is 0 Å². The summed E-state index contributed by atoms with van der Waals surface area (Å²) >= 11 is 0. The molecule has 5 heteroatoms. The van der Waals surface area contributed by atoms with Gasteiger partial charge >= 0.3 is 0 Å². The van der Waals surface area contributed by atoms with Gasteiger partial charge in [-0.2, -0.15) is 0 Å². The average Bonchev–Trinajstić information content (AvgIpc) is 2.64. The smallest absolute Gasteiger partial charge is 0.258 e. The number of rotatable bonds is 6. The van der Waals surface area contributed by atoms with Gasteiger partial charge in [0, 0.05) is 5.56 Å². The van der Waals surface area contributed by atoms with E-state index < -0.39 is 0 Å². The average molecular weight is 337 g/mol. The fourth-order valence-electron chi connectivity index (χ4n) is 2.02. The number of ketones is 1. The molecule has 0 spiro atoms. The van der Waals surface area contributed by atoms with Gasteiger partial charge in [-0.3, -0.25) is 9.59 Å². The lowest BCUT2D eigenvalue weighted by atomic mass is 10.1. The van der Waals surface area contributed by atoms with Crippen LogP contribution in [0.25, 0.3) is 0 Å². The van der Waals surface area contributed by atoms with Crippen LogP contribution in [0.1, 0.15) is 22.8 Å². The number of nitrogens with one attached hydrogen (secondary N) is 1. The monoisotopic (exact) mass is 337 g/mol. The summed E-state index contributed by atoms with van der Waals surface area (Å²) in [6, 6.07) is 14.2. The van der Waals surface area contributed by atoms with E-state index in [1.807, 2.05) is 18.2 Å². The Hall–Kier alpha value is -3.26. The van der Waals surface area contributed by atoms with Crippen LogP contribution >= 0.6 is 0 Å². The molecule has 0 aromatic heterocycles. The van der Waals surface area contributed by atoms with Crippen molar-refractivity contribution in [1.82, 2.24) is 5.32 Å². The van der Waals surface area contributed by atoms with Gasteiger partial charge in [-0.25, -0.2) is 0 Å². The molecule has 2 aromatic rings. The van der Waals surface area contributed by atoms with Crippen LogP contribution in [-0.4, -0.2) is 32.0 Å². The van der Waals surface area contributed by atoms with Gasteiger partial charge in [-0.15, -0.1) is 0 Å². The van der Waals surface area contributed by atoms with Crippen molar-refractivity contribution in [2.24, 2.45) is 0 Å². The first kappa shape index (κ1) is 18.1. The van der Waals surface area contributed by atoms with Gasteiger partial charge in [0.1, 0.15) is 11.5 Å². The van der Waals surface area contributed by atoms with Crippen LogP contribution in [0.4, 0.5) is 0 Å². The maximum atomic E-state index is 11.7. The Morgan fingerprint density at radius 1 is 1.12 bits per heavy atom. The predicted molar refractivity (Wildman–Crippen MR) is 94.8 cm³/mol. The van der Waals surface area contributed by atoms with Crippen LogP contribution in [0.15, 0.2) is 48.5 Å². The molecule has 128 valence electrons. The highest BCUT2D eigenvalue weighted by atomic mass is 16.5. The standard InChI is InChI=1S/C20H19NO4/c1-15(22)16-10-11-19(24-2)17(13-16)7-6-12-21-20(23)14-25-18-8-4-3-5-9-18/h3-5,8-11,13H,12,14H2,1-2H3,(H,21,23). The molecular formula is C20H19NO4. The third-order valence-electron chi connectivity index (χ3n) is 3.32. The fourth-order valence-corrected chi connectivity index (χ4v) is 2.02. The molecule has 5 nitrogen and oxygen atoms in total.